The molecule has 4 heteroatoms. The van der Waals surface area contributed by atoms with Crippen LogP contribution >= 0.6 is 11.8 Å². The molecule has 0 saturated carbocycles. The van der Waals surface area contributed by atoms with E-state index in [1.165, 1.54) is 23.9 Å². The Labute approximate surface area is 106 Å². The highest BCUT2D eigenvalue weighted by atomic mass is 32.2. The van der Waals surface area contributed by atoms with Crippen LogP contribution in [0.3, 0.4) is 0 Å². The Morgan fingerprint density at radius 3 is 2.65 bits per heavy atom. The van der Waals surface area contributed by atoms with Gasteiger partial charge in [-0.2, -0.15) is 0 Å². The first-order valence-corrected chi connectivity index (χ1v) is 6.89. The maximum Gasteiger partial charge on any atom is 0.230 e. The Morgan fingerprint density at radius 2 is 2.06 bits per heavy atom. The predicted octanol–water partition coefficient (Wildman–Crippen LogP) is 2.97. The van der Waals surface area contributed by atoms with Gasteiger partial charge in [0.15, 0.2) is 0 Å². The molecule has 0 aliphatic heterocycles. The normalized spacial score (nSPS) is 12.2. The Morgan fingerprint density at radius 1 is 1.41 bits per heavy atom. The molecule has 1 rings (SSSR count). The van der Waals surface area contributed by atoms with Crippen molar-refractivity contribution in [1.29, 1.82) is 0 Å². The van der Waals surface area contributed by atoms with Gasteiger partial charge in [-0.25, -0.2) is 4.39 Å². The van der Waals surface area contributed by atoms with E-state index in [2.05, 4.69) is 5.32 Å². The van der Waals surface area contributed by atoms with E-state index in [1.54, 1.807) is 12.1 Å². The van der Waals surface area contributed by atoms with Crippen molar-refractivity contribution in [3.63, 3.8) is 0 Å². The van der Waals surface area contributed by atoms with Crippen LogP contribution in [0.5, 0.6) is 0 Å². The van der Waals surface area contributed by atoms with E-state index in [0.717, 1.165) is 17.7 Å². The number of nitrogens with one attached hydrogen (secondary N) is 1. The van der Waals surface area contributed by atoms with E-state index in [0.29, 0.717) is 5.75 Å². The maximum absolute atomic E-state index is 12.6. The minimum Gasteiger partial charge on any atom is -0.353 e. The van der Waals surface area contributed by atoms with Crippen molar-refractivity contribution < 1.29 is 9.18 Å². The van der Waals surface area contributed by atoms with Crippen molar-refractivity contribution in [3.8, 4) is 0 Å². The first-order chi connectivity index (χ1) is 8.11. The molecule has 0 aromatic heterocycles. The lowest BCUT2D eigenvalue weighted by Gasteiger charge is -2.10. The second-order valence-electron chi connectivity index (χ2n) is 4.00. The fourth-order valence-corrected chi connectivity index (χ4v) is 2.06. The molecule has 0 bridgehead atoms. The molecule has 0 spiro atoms. The molecule has 0 aliphatic rings. The molecule has 1 amide bonds. The summed E-state index contributed by atoms with van der Waals surface area (Å²) in [6.07, 6.45) is 0.939. The molecule has 1 N–H and O–H groups in total. The molecule has 1 atom stereocenters. The second-order valence-corrected chi connectivity index (χ2v) is 4.98. The summed E-state index contributed by atoms with van der Waals surface area (Å²) in [4.78, 5) is 11.5. The molecule has 0 heterocycles. The quantitative estimate of drug-likeness (QED) is 0.846. The zero-order chi connectivity index (χ0) is 12.7. The lowest BCUT2D eigenvalue weighted by Crippen LogP contribution is -2.33. The van der Waals surface area contributed by atoms with E-state index in [1.807, 2.05) is 13.8 Å². The highest BCUT2D eigenvalue weighted by Crippen LogP contribution is 2.12. The summed E-state index contributed by atoms with van der Waals surface area (Å²) in [5.41, 5.74) is 1.03. The average molecular weight is 255 g/mol. The lowest BCUT2D eigenvalue weighted by molar-refractivity contribution is -0.119. The third-order valence-corrected chi connectivity index (χ3v) is 3.44. The summed E-state index contributed by atoms with van der Waals surface area (Å²) in [6.45, 7) is 4.03. The Kier molecular flexibility index (Phi) is 6.05. The number of halogens is 1. The predicted molar refractivity (Wildman–Crippen MR) is 70.5 cm³/mol. The Balaban J connectivity index is 2.23. The molecule has 17 heavy (non-hydrogen) atoms. The van der Waals surface area contributed by atoms with Crippen LogP contribution in [0.1, 0.15) is 25.8 Å². The summed E-state index contributed by atoms with van der Waals surface area (Å²) in [5.74, 6) is 1.01. The number of carbonyl (C=O) groups is 1. The van der Waals surface area contributed by atoms with E-state index in [9.17, 15) is 9.18 Å². The highest BCUT2D eigenvalue weighted by Gasteiger charge is 2.05. The van der Waals surface area contributed by atoms with Crippen LogP contribution in [0.15, 0.2) is 24.3 Å². The molecular formula is C13H18FNOS. The number of carbonyl (C=O) groups excluding carboxylic acids is 1. The van der Waals surface area contributed by atoms with Crippen molar-refractivity contribution in [3.05, 3.63) is 35.6 Å². The van der Waals surface area contributed by atoms with E-state index < -0.39 is 0 Å². The smallest absolute Gasteiger partial charge is 0.230 e. The Hall–Kier alpha value is -1.03. The van der Waals surface area contributed by atoms with Crippen LogP contribution in [-0.4, -0.2) is 17.7 Å². The first-order valence-electron chi connectivity index (χ1n) is 5.73. The number of amides is 1. The van der Waals surface area contributed by atoms with Gasteiger partial charge in [0.1, 0.15) is 5.82 Å². The standard InChI is InChI=1S/C13H18FNOS/c1-3-10(2)15-13(16)9-17-8-11-4-6-12(14)7-5-11/h4-7,10H,3,8-9H2,1-2H3,(H,15,16)/t10-/m1/s1. The van der Waals surface area contributed by atoms with Crippen molar-refractivity contribution >= 4 is 17.7 Å². The van der Waals surface area contributed by atoms with Gasteiger partial charge in [-0.15, -0.1) is 11.8 Å². The van der Waals surface area contributed by atoms with Gasteiger partial charge in [-0.1, -0.05) is 19.1 Å². The molecule has 0 radical (unpaired) electrons. The van der Waals surface area contributed by atoms with E-state index >= 15 is 0 Å². The van der Waals surface area contributed by atoms with Gasteiger partial charge in [0.25, 0.3) is 0 Å². The monoisotopic (exact) mass is 255 g/mol. The Bertz CT molecular complexity index is 353. The van der Waals surface area contributed by atoms with Gasteiger partial charge in [-0.05, 0) is 31.0 Å². The van der Waals surface area contributed by atoms with Gasteiger partial charge in [-0.3, -0.25) is 4.79 Å². The summed E-state index contributed by atoms with van der Waals surface area (Å²) in [6, 6.07) is 6.60. The molecule has 0 aliphatic carbocycles. The third-order valence-electron chi connectivity index (χ3n) is 2.43. The minimum atomic E-state index is -0.228. The van der Waals surface area contributed by atoms with E-state index in [-0.39, 0.29) is 17.8 Å². The van der Waals surface area contributed by atoms with Crippen molar-refractivity contribution in [2.24, 2.45) is 0 Å². The average Bonchev–Trinajstić information content (AvgIpc) is 2.31. The lowest BCUT2D eigenvalue weighted by atomic mass is 10.2. The molecule has 0 unspecified atom stereocenters. The van der Waals surface area contributed by atoms with Gasteiger partial charge in [0, 0.05) is 11.8 Å². The summed E-state index contributed by atoms with van der Waals surface area (Å²) >= 11 is 1.54. The topological polar surface area (TPSA) is 29.1 Å². The van der Waals surface area contributed by atoms with Gasteiger partial charge in [0.2, 0.25) is 5.91 Å². The van der Waals surface area contributed by atoms with Crippen LogP contribution in [0.25, 0.3) is 0 Å². The summed E-state index contributed by atoms with van der Waals surface area (Å²) in [5, 5.41) is 2.91. The van der Waals surface area contributed by atoms with Crippen molar-refractivity contribution in [2.45, 2.75) is 32.1 Å². The number of rotatable bonds is 6. The van der Waals surface area contributed by atoms with Crippen LogP contribution in [0.2, 0.25) is 0 Å². The van der Waals surface area contributed by atoms with Gasteiger partial charge < -0.3 is 5.32 Å². The second kappa shape index (κ2) is 7.33. The molecule has 0 saturated heterocycles. The summed E-state index contributed by atoms with van der Waals surface area (Å²) < 4.78 is 12.6. The zero-order valence-corrected chi connectivity index (χ0v) is 11.0. The van der Waals surface area contributed by atoms with Gasteiger partial charge >= 0.3 is 0 Å². The molecule has 94 valence electrons. The fraction of sp³-hybridized carbons (Fsp3) is 0.462. The number of benzene rings is 1. The third kappa shape index (κ3) is 5.73. The minimum absolute atomic E-state index is 0.0615. The SMILES string of the molecule is CC[C@@H](C)NC(=O)CSCc1ccc(F)cc1. The fourth-order valence-electron chi connectivity index (χ4n) is 1.26. The van der Waals surface area contributed by atoms with Crippen LogP contribution in [-0.2, 0) is 10.5 Å². The number of hydrogen-bond acceptors (Lipinski definition) is 2. The van der Waals surface area contributed by atoms with Crippen LogP contribution in [0.4, 0.5) is 4.39 Å². The number of hydrogen-bond donors (Lipinski definition) is 1. The highest BCUT2D eigenvalue weighted by molar-refractivity contribution is 7.99. The maximum atomic E-state index is 12.6. The molecular weight excluding hydrogens is 237 g/mol. The molecule has 1 aromatic carbocycles. The van der Waals surface area contributed by atoms with Crippen LogP contribution < -0.4 is 5.32 Å². The molecule has 0 fully saturated rings. The molecule has 2 nitrogen and oxygen atoms in total. The largest absolute Gasteiger partial charge is 0.353 e. The molecule has 1 aromatic rings. The van der Waals surface area contributed by atoms with Crippen molar-refractivity contribution in [1.82, 2.24) is 5.32 Å². The zero-order valence-electron chi connectivity index (χ0n) is 10.2. The first kappa shape index (κ1) is 14.0. The van der Waals surface area contributed by atoms with E-state index in [4.69, 9.17) is 0 Å². The summed E-state index contributed by atoms with van der Waals surface area (Å²) in [7, 11) is 0. The van der Waals surface area contributed by atoms with Crippen LogP contribution in [0, 0.1) is 5.82 Å². The van der Waals surface area contributed by atoms with Gasteiger partial charge in [0.05, 0.1) is 5.75 Å². The number of thioether (sulfide) groups is 1. The van der Waals surface area contributed by atoms with Crippen molar-refractivity contribution in [2.75, 3.05) is 5.75 Å².